The average Bonchev–Trinajstić information content (AvgIpc) is 2.05. The molecule has 6 nitrogen and oxygen atoms in total. The van der Waals surface area contributed by atoms with Crippen molar-refractivity contribution in [3.63, 3.8) is 0 Å². The van der Waals surface area contributed by atoms with Crippen molar-refractivity contribution in [2.75, 3.05) is 27.3 Å². The summed E-state index contributed by atoms with van der Waals surface area (Å²) in [6, 6.07) is -0.135. The highest BCUT2D eigenvalue weighted by atomic mass is 32.2. The van der Waals surface area contributed by atoms with Gasteiger partial charge in [-0.2, -0.15) is 8.42 Å². The fraction of sp³-hybridized carbons (Fsp3) is 1.00. The second-order valence-corrected chi connectivity index (χ2v) is 4.31. The van der Waals surface area contributed by atoms with E-state index in [9.17, 15) is 8.42 Å². The Balaban J connectivity index is 3.56. The van der Waals surface area contributed by atoms with Crippen molar-refractivity contribution in [3.05, 3.63) is 0 Å². The smallest absolute Gasteiger partial charge is 0.276 e. The maximum Gasteiger partial charge on any atom is 0.276 e. The molecule has 0 aromatic carbocycles. The molecule has 0 heterocycles. The standard InChI is InChI=1S/C6H17N3O3S/c1-8-13(10,11)9-4-3-6(7)5-12-2/h6,8-9H,3-5,7H2,1-2H3. The summed E-state index contributed by atoms with van der Waals surface area (Å²) >= 11 is 0. The summed E-state index contributed by atoms with van der Waals surface area (Å²) < 4.78 is 30.9. The average molecular weight is 211 g/mol. The van der Waals surface area contributed by atoms with E-state index in [0.29, 0.717) is 19.6 Å². The normalized spacial score (nSPS) is 14.4. The molecule has 0 saturated heterocycles. The molecule has 7 heteroatoms. The summed E-state index contributed by atoms with van der Waals surface area (Å²) in [5.74, 6) is 0. The van der Waals surface area contributed by atoms with Crippen LogP contribution in [-0.4, -0.2) is 41.8 Å². The molecular weight excluding hydrogens is 194 g/mol. The van der Waals surface area contributed by atoms with Gasteiger partial charge >= 0.3 is 0 Å². The lowest BCUT2D eigenvalue weighted by atomic mass is 10.2. The monoisotopic (exact) mass is 211 g/mol. The zero-order valence-electron chi connectivity index (χ0n) is 7.91. The largest absolute Gasteiger partial charge is 0.383 e. The number of hydrogen-bond donors (Lipinski definition) is 3. The van der Waals surface area contributed by atoms with Crippen molar-refractivity contribution in [2.24, 2.45) is 5.73 Å². The van der Waals surface area contributed by atoms with Gasteiger partial charge in [0.2, 0.25) is 0 Å². The van der Waals surface area contributed by atoms with Crippen LogP contribution in [0.1, 0.15) is 6.42 Å². The first kappa shape index (κ1) is 12.8. The van der Waals surface area contributed by atoms with Crippen molar-refractivity contribution in [1.82, 2.24) is 9.44 Å². The Hall–Kier alpha value is -0.210. The van der Waals surface area contributed by atoms with E-state index in [2.05, 4.69) is 9.44 Å². The Morgan fingerprint density at radius 1 is 1.54 bits per heavy atom. The van der Waals surface area contributed by atoms with Crippen LogP contribution in [0, 0.1) is 0 Å². The van der Waals surface area contributed by atoms with Crippen LogP contribution in [0.5, 0.6) is 0 Å². The van der Waals surface area contributed by atoms with E-state index >= 15 is 0 Å². The third-order valence-corrected chi connectivity index (χ3v) is 2.58. The van der Waals surface area contributed by atoms with E-state index in [1.54, 1.807) is 7.11 Å². The van der Waals surface area contributed by atoms with Crippen LogP contribution >= 0.6 is 0 Å². The van der Waals surface area contributed by atoms with Gasteiger partial charge in [-0.25, -0.2) is 9.44 Å². The van der Waals surface area contributed by atoms with Crippen molar-refractivity contribution < 1.29 is 13.2 Å². The maximum absolute atomic E-state index is 10.8. The molecule has 0 bridgehead atoms. The van der Waals surface area contributed by atoms with E-state index in [4.69, 9.17) is 10.5 Å². The number of hydrogen-bond acceptors (Lipinski definition) is 4. The molecule has 0 aromatic rings. The lowest BCUT2D eigenvalue weighted by Gasteiger charge is -2.10. The van der Waals surface area contributed by atoms with Gasteiger partial charge in [0.15, 0.2) is 0 Å². The van der Waals surface area contributed by atoms with Gasteiger partial charge in [-0.05, 0) is 6.42 Å². The molecule has 0 fully saturated rings. The molecule has 4 N–H and O–H groups in total. The first-order valence-corrected chi connectivity index (χ1v) is 5.43. The molecule has 0 radical (unpaired) electrons. The van der Waals surface area contributed by atoms with Crippen molar-refractivity contribution in [1.29, 1.82) is 0 Å². The number of rotatable bonds is 7. The Morgan fingerprint density at radius 2 is 2.15 bits per heavy atom. The molecule has 1 unspecified atom stereocenters. The van der Waals surface area contributed by atoms with Crippen molar-refractivity contribution >= 4 is 10.2 Å². The molecular formula is C6H17N3O3S. The van der Waals surface area contributed by atoms with Gasteiger partial charge in [-0.15, -0.1) is 0 Å². The van der Waals surface area contributed by atoms with Crippen molar-refractivity contribution in [3.8, 4) is 0 Å². The molecule has 0 aliphatic heterocycles. The van der Waals surface area contributed by atoms with Gasteiger partial charge in [0, 0.05) is 26.7 Å². The Labute approximate surface area is 79.0 Å². The van der Waals surface area contributed by atoms with Gasteiger partial charge in [-0.3, -0.25) is 0 Å². The minimum absolute atomic E-state index is 0.135. The molecule has 0 aromatic heterocycles. The van der Waals surface area contributed by atoms with Crippen LogP contribution in [-0.2, 0) is 14.9 Å². The minimum Gasteiger partial charge on any atom is -0.383 e. The molecule has 13 heavy (non-hydrogen) atoms. The minimum atomic E-state index is -3.33. The SMILES string of the molecule is CNS(=O)(=O)NCCC(N)COC. The summed E-state index contributed by atoms with van der Waals surface area (Å²) in [5.41, 5.74) is 5.57. The molecule has 0 aliphatic rings. The maximum atomic E-state index is 10.8. The van der Waals surface area contributed by atoms with E-state index in [1.165, 1.54) is 7.05 Å². The number of ether oxygens (including phenoxy) is 1. The van der Waals surface area contributed by atoms with E-state index in [0.717, 1.165) is 0 Å². The zero-order chi connectivity index (χ0) is 10.3. The predicted molar refractivity (Wildman–Crippen MR) is 50.5 cm³/mol. The summed E-state index contributed by atoms with van der Waals surface area (Å²) in [4.78, 5) is 0. The van der Waals surface area contributed by atoms with Gasteiger partial charge in [0.25, 0.3) is 10.2 Å². The van der Waals surface area contributed by atoms with Crippen molar-refractivity contribution in [2.45, 2.75) is 12.5 Å². The molecule has 0 spiro atoms. The quantitative estimate of drug-likeness (QED) is 0.473. The van der Waals surface area contributed by atoms with E-state index in [1.807, 2.05) is 0 Å². The Morgan fingerprint density at radius 3 is 2.62 bits per heavy atom. The van der Waals surface area contributed by atoms with Gasteiger partial charge < -0.3 is 10.5 Å². The third kappa shape index (κ3) is 6.91. The second kappa shape index (κ2) is 6.28. The number of nitrogens with one attached hydrogen (secondary N) is 2. The molecule has 80 valence electrons. The zero-order valence-corrected chi connectivity index (χ0v) is 8.73. The van der Waals surface area contributed by atoms with Crippen LogP contribution in [0.3, 0.4) is 0 Å². The highest BCUT2D eigenvalue weighted by Gasteiger charge is 2.06. The van der Waals surface area contributed by atoms with Crippen LogP contribution in [0.15, 0.2) is 0 Å². The highest BCUT2D eigenvalue weighted by molar-refractivity contribution is 7.87. The van der Waals surface area contributed by atoms with Gasteiger partial charge in [0.05, 0.1) is 6.61 Å². The summed E-state index contributed by atoms with van der Waals surface area (Å²) in [5, 5.41) is 0. The first-order chi connectivity index (χ1) is 6.02. The molecule has 0 saturated carbocycles. The summed E-state index contributed by atoms with van der Waals surface area (Å²) in [6.45, 7) is 0.745. The van der Waals surface area contributed by atoms with Crippen LogP contribution in [0.2, 0.25) is 0 Å². The topological polar surface area (TPSA) is 93.5 Å². The van der Waals surface area contributed by atoms with Gasteiger partial charge in [-0.1, -0.05) is 0 Å². The van der Waals surface area contributed by atoms with Crippen LogP contribution in [0.4, 0.5) is 0 Å². The first-order valence-electron chi connectivity index (χ1n) is 3.94. The summed E-state index contributed by atoms with van der Waals surface area (Å²) in [6.07, 6.45) is 0.550. The molecule has 0 amide bonds. The Bertz CT molecular complexity index is 217. The van der Waals surface area contributed by atoms with E-state index in [-0.39, 0.29) is 6.04 Å². The lowest BCUT2D eigenvalue weighted by Crippen LogP contribution is -2.37. The third-order valence-electron chi connectivity index (χ3n) is 1.46. The molecule has 0 aliphatic carbocycles. The predicted octanol–water partition coefficient (Wildman–Crippen LogP) is -1.60. The fourth-order valence-corrected chi connectivity index (χ4v) is 1.28. The van der Waals surface area contributed by atoms with E-state index < -0.39 is 10.2 Å². The number of nitrogens with two attached hydrogens (primary N) is 1. The Kier molecular flexibility index (Phi) is 6.17. The second-order valence-electron chi connectivity index (χ2n) is 2.61. The molecule has 1 atom stereocenters. The number of methoxy groups -OCH3 is 1. The molecule has 0 rings (SSSR count). The summed E-state index contributed by atoms with van der Waals surface area (Å²) in [7, 11) is -0.429. The lowest BCUT2D eigenvalue weighted by molar-refractivity contribution is 0.177. The van der Waals surface area contributed by atoms with Crippen LogP contribution in [0.25, 0.3) is 0 Å². The van der Waals surface area contributed by atoms with Crippen LogP contribution < -0.4 is 15.2 Å². The highest BCUT2D eigenvalue weighted by Crippen LogP contribution is 1.87. The fourth-order valence-electron chi connectivity index (χ4n) is 0.748. The van der Waals surface area contributed by atoms with Gasteiger partial charge in [0.1, 0.15) is 0 Å².